The second-order valence-corrected chi connectivity index (χ2v) is 11.2. The Morgan fingerprint density at radius 1 is 1.32 bits per heavy atom. The lowest BCUT2D eigenvalue weighted by Gasteiger charge is -2.35. The number of hydrogen-bond acceptors (Lipinski definition) is 7. The van der Waals surface area contributed by atoms with E-state index in [-0.39, 0.29) is 11.4 Å². The van der Waals surface area contributed by atoms with Crippen molar-refractivity contribution in [1.29, 1.82) is 0 Å². The molecule has 3 N–H and O–H groups in total. The molecule has 0 spiro atoms. The van der Waals surface area contributed by atoms with Gasteiger partial charge in [-0.05, 0) is 50.6 Å². The summed E-state index contributed by atoms with van der Waals surface area (Å²) in [6.07, 6.45) is 1.56. The van der Waals surface area contributed by atoms with Crippen molar-refractivity contribution in [1.82, 2.24) is 14.5 Å². The molecule has 0 atom stereocenters. The minimum absolute atomic E-state index is 0.0735. The zero-order chi connectivity index (χ0) is 24.7. The molecule has 2 heterocycles. The zero-order valence-corrected chi connectivity index (χ0v) is 20.4. The summed E-state index contributed by atoms with van der Waals surface area (Å²) >= 11 is 0. The van der Waals surface area contributed by atoms with E-state index >= 15 is 0 Å². The van der Waals surface area contributed by atoms with Gasteiger partial charge in [0.15, 0.2) is 0 Å². The second kappa shape index (κ2) is 8.90. The molecule has 3 aromatic rings. The number of nitrogens with one attached hydrogen (secondary N) is 2. The fourth-order valence-electron chi connectivity index (χ4n) is 4.01. The number of aromatic nitrogens is 2. The predicted octanol–water partition coefficient (Wildman–Crippen LogP) is 2.10. The van der Waals surface area contributed by atoms with Crippen LogP contribution >= 0.6 is 0 Å². The Bertz CT molecular complexity index is 1330. The number of likely N-dealkylation sites (N-methyl/N-ethyl adjacent to an activating group) is 1. The highest BCUT2D eigenvalue weighted by atomic mass is 32.2. The van der Waals surface area contributed by atoms with E-state index in [1.165, 1.54) is 7.05 Å². The van der Waals surface area contributed by atoms with Gasteiger partial charge < -0.3 is 20.1 Å². The Hall–Kier alpha value is -3.15. The molecule has 182 valence electrons. The molecule has 0 saturated carbocycles. The average molecular weight is 488 g/mol. The van der Waals surface area contributed by atoms with Crippen LogP contribution < -0.4 is 15.0 Å². The van der Waals surface area contributed by atoms with E-state index in [4.69, 9.17) is 4.74 Å². The summed E-state index contributed by atoms with van der Waals surface area (Å²) in [4.78, 5) is 14.8. The molecular formula is C23H29N5O5S. The highest BCUT2D eigenvalue weighted by Gasteiger charge is 2.27. The van der Waals surface area contributed by atoms with Gasteiger partial charge in [-0.15, -0.1) is 0 Å². The Kier molecular flexibility index (Phi) is 6.28. The third-order valence-corrected chi connectivity index (χ3v) is 7.32. The first-order valence-electron chi connectivity index (χ1n) is 10.9. The van der Waals surface area contributed by atoms with Crippen LogP contribution in [0.1, 0.15) is 19.4 Å². The summed E-state index contributed by atoms with van der Waals surface area (Å²) in [6.45, 7) is 6.48. The van der Waals surface area contributed by atoms with Crippen LogP contribution in [-0.2, 0) is 14.8 Å². The molecule has 11 heteroatoms. The van der Waals surface area contributed by atoms with E-state index in [9.17, 15) is 18.3 Å². The summed E-state index contributed by atoms with van der Waals surface area (Å²) in [5.41, 5.74) is 1.63. The van der Waals surface area contributed by atoms with Crippen molar-refractivity contribution in [2.75, 3.05) is 43.5 Å². The number of sulfonamides is 1. The molecule has 0 unspecified atom stereocenters. The number of H-pyrrole nitrogens is 1. The number of β-amino-alcohol motifs (C(OH)–C–C–N with tert-alkyl or cyclic N) is 1. The van der Waals surface area contributed by atoms with Crippen LogP contribution in [0.4, 0.5) is 11.4 Å². The third kappa shape index (κ3) is 5.01. The molecule has 0 bridgehead atoms. The number of nitrogens with zero attached hydrogens (tertiary/aromatic N) is 3. The lowest BCUT2D eigenvalue weighted by Crippen LogP contribution is -2.42. The molecule has 1 aliphatic heterocycles. The number of carbonyl (C=O) groups is 1. The number of amides is 1. The fraction of sp³-hybridized carbons (Fsp3) is 0.391. The monoisotopic (exact) mass is 487 g/mol. The Morgan fingerprint density at radius 2 is 2.09 bits per heavy atom. The lowest BCUT2D eigenvalue weighted by molar-refractivity contribution is -0.116. The second-order valence-electron chi connectivity index (χ2n) is 9.17. The molecular weight excluding hydrogens is 458 g/mol. The molecule has 1 aromatic heterocycles. The number of aliphatic hydroxyl groups is 1. The molecule has 0 fully saturated rings. The lowest BCUT2D eigenvalue weighted by atomic mass is 10.1. The van der Waals surface area contributed by atoms with Gasteiger partial charge in [0, 0.05) is 30.7 Å². The largest absolute Gasteiger partial charge is 0.489 e. The number of ether oxygens (including phenoxy) is 1. The standard InChI is InChI=1S/C23H29N5O5S/c1-15-9-16-12-24-26-22(16)20(10-15)34(31,32)27(4)13-21(29)25-17-5-6-18-19(11-17)33-8-7-28(18)14-23(2,3)30/h5-6,9-12,30H,7-8,13-14H2,1-4H3,(H,24,26)(H,25,29). The van der Waals surface area contributed by atoms with Crippen LogP contribution in [0.5, 0.6) is 5.75 Å². The van der Waals surface area contributed by atoms with Crippen molar-refractivity contribution < 1.29 is 23.1 Å². The predicted molar refractivity (Wildman–Crippen MR) is 130 cm³/mol. The van der Waals surface area contributed by atoms with E-state index in [1.807, 2.05) is 17.0 Å². The maximum absolute atomic E-state index is 13.2. The molecule has 4 rings (SSSR count). The maximum atomic E-state index is 13.2. The molecule has 1 aliphatic rings. The fourth-order valence-corrected chi connectivity index (χ4v) is 5.39. The van der Waals surface area contributed by atoms with Crippen LogP contribution in [-0.4, -0.2) is 72.8 Å². The molecule has 2 aromatic carbocycles. The number of benzene rings is 2. The van der Waals surface area contributed by atoms with Gasteiger partial charge in [0.25, 0.3) is 0 Å². The summed E-state index contributed by atoms with van der Waals surface area (Å²) in [5.74, 6) is 0.111. The number of aryl methyl sites for hydroxylation is 1. The van der Waals surface area contributed by atoms with Gasteiger partial charge in [-0.25, -0.2) is 8.42 Å². The van der Waals surface area contributed by atoms with Gasteiger partial charge in [-0.1, -0.05) is 0 Å². The zero-order valence-electron chi connectivity index (χ0n) is 19.6. The number of hydrogen-bond donors (Lipinski definition) is 3. The highest BCUT2D eigenvalue weighted by Crippen LogP contribution is 2.35. The SMILES string of the molecule is Cc1cc(S(=O)(=O)N(C)CC(=O)Nc2ccc3c(c2)OCCN3CC(C)(C)O)c2[nH]ncc2c1. The van der Waals surface area contributed by atoms with E-state index < -0.39 is 21.5 Å². The van der Waals surface area contributed by atoms with Crippen molar-refractivity contribution in [2.24, 2.45) is 0 Å². The third-order valence-electron chi connectivity index (χ3n) is 5.49. The van der Waals surface area contributed by atoms with Crippen LogP contribution in [0, 0.1) is 6.92 Å². The summed E-state index contributed by atoms with van der Waals surface area (Å²) in [7, 11) is -2.57. The molecule has 0 saturated heterocycles. The van der Waals surface area contributed by atoms with E-state index in [0.29, 0.717) is 42.0 Å². The number of rotatable bonds is 7. The summed E-state index contributed by atoms with van der Waals surface area (Å²) in [6, 6.07) is 8.65. The number of anilines is 2. The van der Waals surface area contributed by atoms with Crippen molar-refractivity contribution in [3.8, 4) is 5.75 Å². The molecule has 1 amide bonds. The van der Waals surface area contributed by atoms with Crippen molar-refractivity contribution in [3.05, 3.63) is 42.1 Å². The van der Waals surface area contributed by atoms with Gasteiger partial charge in [0.1, 0.15) is 17.3 Å². The number of aromatic amines is 1. The van der Waals surface area contributed by atoms with Gasteiger partial charge in [0.2, 0.25) is 15.9 Å². The first kappa shape index (κ1) is 24.0. The quantitative estimate of drug-likeness (QED) is 0.466. The topological polar surface area (TPSA) is 128 Å². The van der Waals surface area contributed by atoms with E-state index in [0.717, 1.165) is 15.6 Å². The van der Waals surface area contributed by atoms with Crippen LogP contribution in [0.2, 0.25) is 0 Å². The smallest absolute Gasteiger partial charge is 0.245 e. The van der Waals surface area contributed by atoms with Gasteiger partial charge in [-0.3, -0.25) is 9.89 Å². The number of carbonyl (C=O) groups excluding carboxylic acids is 1. The Balaban J connectivity index is 1.48. The minimum atomic E-state index is -3.94. The molecule has 10 nitrogen and oxygen atoms in total. The highest BCUT2D eigenvalue weighted by molar-refractivity contribution is 7.89. The van der Waals surface area contributed by atoms with E-state index in [1.54, 1.807) is 45.2 Å². The summed E-state index contributed by atoms with van der Waals surface area (Å²) < 4.78 is 33.1. The Labute approximate surface area is 198 Å². The first-order valence-corrected chi connectivity index (χ1v) is 12.3. The van der Waals surface area contributed by atoms with Crippen LogP contribution in [0.25, 0.3) is 10.9 Å². The average Bonchev–Trinajstić information content (AvgIpc) is 3.20. The van der Waals surface area contributed by atoms with Crippen molar-refractivity contribution in [3.63, 3.8) is 0 Å². The first-order chi connectivity index (χ1) is 15.9. The van der Waals surface area contributed by atoms with E-state index in [2.05, 4.69) is 15.5 Å². The maximum Gasteiger partial charge on any atom is 0.245 e. The van der Waals surface area contributed by atoms with Gasteiger partial charge >= 0.3 is 0 Å². The minimum Gasteiger partial charge on any atom is -0.489 e. The molecule has 0 aliphatic carbocycles. The van der Waals surface area contributed by atoms with Crippen LogP contribution in [0.3, 0.4) is 0 Å². The van der Waals surface area contributed by atoms with Gasteiger partial charge in [-0.2, -0.15) is 9.40 Å². The normalized spacial score (nSPS) is 14.2. The van der Waals surface area contributed by atoms with Crippen molar-refractivity contribution in [2.45, 2.75) is 31.3 Å². The summed E-state index contributed by atoms with van der Waals surface area (Å²) in [5, 5.41) is 20.3. The van der Waals surface area contributed by atoms with Gasteiger partial charge in [0.05, 0.1) is 36.1 Å². The Morgan fingerprint density at radius 3 is 2.82 bits per heavy atom. The van der Waals surface area contributed by atoms with Crippen molar-refractivity contribution >= 4 is 38.2 Å². The molecule has 0 radical (unpaired) electrons. The van der Waals surface area contributed by atoms with Crippen LogP contribution in [0.15, 0.2) is 41.4 Å². The number of fused-ring (bicyclic) bond motifs is 2. The molecule has 34 heavy (non-hydrogen) atoms.